The van der Waals surface area contributed by atoms with Crippen LogP contribution in [0.2, 0.25) is 5.02 Å². The minimum Gasteiger partial charge on any atom is -0.352 e. The summed E-state index contributed by atoms with van der Waals surface area (Å²) in [6.45, 7) is 0.979. The van der Waals surface area contributed by atoms with E-state index in [1.807, 2.05) is 0 Å². The first-order chi connectivity index (χ1) is 8.66. The highest BCUT2D eigenvalue weighted by atomic mass is 79.9. The van der Waals surface area contributed by atoms with E-state index in [1.54, 1.807) is 18.2 Å². The van der Waals surface area contributed by atoms with Gasteiger partial charge in [-0.25, -0.2) is 0 Å². The van der Waals surface area contributed by atoms with E-state index in [-0.39, 0.29) is 5.91 Å². The van der Waals surface area contributed by atoms with Crippen molar-refractivity contribution in [3.8, 4) is 0 Å². The smallest absolute Gasteiger partial charge is 0.252 e. The summed E-state index contributed by atoms with van der Waals surface area (Å²) in [7, 11) is 0. The van der Waals surface area contributed by atoms with E-state index in [9.17, 15) is 4.79 Å². The van der Waals surface area contributed by atoms with E-state index >= 15 is 0 Å². The highest BCUT2D eigenvalue weighted by Gasteiger charge is 2.11. The van der Waals surface area contributed by atoms with Gasteiger partial charge in [-0.1, -0.05) is 22.8 Å². The zero-order valence-corrected chi connectivity index (χ0v) is 11.9. The molecule has 1 rings (SSSR count). The Morgan fingerprint density at radius 2 is 2.28 bits per heavy atom. The standard InChI is InChI=1S/C11H12BrClN4O/c12-9-5-3-4-8(10(9)13)11(18)15-6-1-2-7-16-17-14/h3-5H,1-2,6-7H2,(H,15,18). The zero-order chi connectivity index (χ0) is 13.4. The molecule has 1 aromatic carbocycles. The highest BCUT2D eigenvalue weighted by Crippen LogP contribution is 2.25. The molecule has 0 bridgehead atoms. The first kappa shape index (κ1) is 14.8. The molecule has 0 radical (unpaired) electrons. The molecule has 5 nitrogen and oxygen atoms in total. The first-order valence-corrected chi connectivity index (χ1v) is 6.57. The van der Waals surface area contributed by atoms with Gasteiger partial charge in [0.1, 0.15) is 0 Å². The summed E-state index contributed by atoms with van der Waals surface area (Å²) >= 11 is 9.27. The number of benzene rings is 1. The van der Waals surface area contributed by atoms with Gasteiger partial charge in [0.25, 0.3) is 5.91 Å². The highest BCUT2D eigenvalue weighted by molar-refractivity contribution is 9.10. The van der Waals surface area contributed by atoms with E-state index in [1.165, 1.54) is 0 Å². The Morgan fingerprint density at radius 3 is 3.00 bits per heavy atom. The van der Waals surface area contributed by atoms with E-state index in [2.05, 4.69) is 31.3 Å². The maximum atomic E-state index is 11.8. The van der Waals surface area contributed by atoms with Crippen LogP contribution >= 0.6 is 27.5 Å². The van der Waals surface area contributed by atoms with Crippen LogP contribution in [0.25, 0.3) is 10.4 Å². The Balaban J connectivity index is 2.41. The van der Waals surface area contributed by atoms with Gasteiger partial charge >= 0.3 is 0 Å². The van der Waals surface area contributed by atoms with Gasteiger partial charge in [-0.3, -0.25) is 4.79 Å². The second-order valence-electron chi connectivity index (χ2n) is 3.52. The summed E-state index contributed by atoms with van der Waals surface area (Å²) < 4.78 is 0.695. The molecule has 0 fully saturated rings. The van der Waals surface area contributed by atoms with Gasteiger partial charge in [0.2, 0.25) is 0 Å². The molecule has 0 aromatic heterocycles. The molecular formula is C11H12BrClN4O. The molecule has 0 unspecified atom stereocenters. The SMILES string of the molecule is [N-]=[N+]=NCCCCNC(=O)c1cccc(Br)c1Cl. The number of halogens is 2. The molecule has 7 heteroatoms. The van der Waals surface area contributed by atoms with Gasteiger partial charge in [0, 0.05) is 22.5 Å². The number of nitrogens with one attached hydrogen (secondary N) is 1. The van der Waals surface area contributed by atoms with E-state index in [4.69, 9.17) is 17.1 Å². The summed E-state index contributed by atoms with van der Waals surface area (Å²) in [4.78, 5) is 14.5. The van der Waals surface area contributed by atoms with Crippen LogP contribution in [0.4, 0.5) is 0 Å². The summed E-state index contributed by atoms with van der Waals surface area (Å²) in [6, 6.07) is 5.20. The fourth-order valence-corrected chi connectivity index (χ4v) is 1.91. The third-order valence-electron chi connectivity index (χ3n) is 2.23. The second kappa shape index (κ2) is 7.97. The molecule has 0 aliphatic rings. The van der Waals surface area contributed by atoms with Gasteiger partial charge in [-0.2, -0.15) is 0 Å². The van der Waals surface area contributed by atoms with Gasteiger partial charge < -0.3 is 5.32 Å². The number of carbonyl (C=O) groups is 1. The molecule has 96 valence electrons. The van der Waals surface area contributed by atoms with Crippen molar-refractivity contribution in [3.05, 3.63) is 43.7 Å². The van der Waals surface area contributed by atoms with Gasteiger partial charge in [-0.05, 0) is 46.4 Å². The summed E-state index contributed by atoms with van der Waals surface area (Å²) in [5, 5.41) is 6.58. The van der Waals surface area contributed by atoms with Crippen molar-refractivity contribution in [2.75, 3.05) is 13.1 Å². The van der Waals surface area contributed by atoms with Crippen LogP contribution in [0.5, 0.6) is 0 Å². The Kier molecular flexibility index (Phi) is 6.57. The molecule has 0 aliphatic carbocycles. The normalized spacial score (nSPS) is 9.67. The number of nitrogens with zero attached hydrogens (tertiary/aromatic N) is 3. The minimum atomic E-state index is -0.204. The van der Waals surface area contributed by atoms with Crippen molar-refractivity contribution < 1.29 is 4.79 Å². The molecule has 1 N–H and O–H groups in total. The number of hydrogen-bond acceptors (Lipinski definition) is 2. The van der Waals surface area contributed by atoms with E-state index < -0.39 is 0 Å². The van der Waals surface area contributed by atoms with Gasteiger partial charge in [-0.15, -0.1) is 0 Å². The Hall–Kier alpha value is -1.23. The van der Waals surface area contributed by atoms with Crippen LogP contribution in [0.15, 0.2) is 27.8 Å². The van der Waals surface area contributed by atoms with E-state index in [0.29, 0.717) is 28.1 Å². The average Bonchev–Trinajstić information content (AvgIpc) is 2.36. The van der Waals surface area contributed by atoms with Crippen LogP contribution in [0.1, 0.15) is 23.2 Å². The van der Waals surface area contributed by atoms with Gasteiger partial charge in [0.15, 0.2) is 0 Å². The van der Waals surface area contributed by atoms with Crippen molar-refractivity contribution >= 4 is 33.4 Å². The van der Waals surface area contributed by atoms with Crippen molar-refractivity contribution in [2.45, 2.75) is 12.8 Å². The first-order valence-electron chi connectivity index (χ1n) is 5.40. The summed E-state index contributed by atoms with van der Waals surface area (Å²) in [6.07, 6.45) is 1.51. The van der Waals surface area contributed by atoms with Crippen molar-refractivity contribution in [1.82, 2.24) is 5.32 Å². The third-order valence-corrected chi connectivity index (χ3v) is 3.53. The molecule has 18 heavy (non-hydrogen) atoms. The van der Waals surface area contributed by atoms with Crippen LogP contribution in [-0.2, 0) is 0 Å². The minimum absolute atomic E-state index is 0.204. The topological polar surface area (TPSA) is 77.9 Å². The largest absolute Gasteiger partial charge is 0.352 e. The van der Waals surface area contributed by atoms with Crippen molar-refractivity contribution in [2.24, 2.45) is 5.11 Å². The number of unbranched alkanes of at least 4 members (excludes halogenated alkanes) is 1. The number of hydrogen-bond donors (Lipinski definition) is 1. The molecule has 0 saturated carbocycles. The average molecular weight is 332 g/mol. The molecule has 0 atom stereocenters. The van der Waals surface area contributed by atoms with Crippen LogP contribution in [0.3, 0.4) is 0 Å². The van der Waals surface area contributed by atoms with Crippen molar-refractivity contribution in [3.63, 3.8) is 0 Å². The number of amides is 1. The Morgan fingerprint density at radius 1 is 1.50 bits per heavy atom. The molecule has 1 aromatic rings. The Bertz CT molecular complexity index is 474. The predicted molar refractivity (Wildman–Crippen MR) is 74.7 cm³/mol. The third kappa shape index (κ3) is 4.56. The van der Waals surface area contributed by atoms with Crippen molar-refractivity contribution in [1.29, 1.82) is 0 Å². The van der Waals surface area contributed by atoms with Gasteiger partial charge in [0.05, 0.1) is 10.6 Å². The monoisotopic (exact) mass is 330 g/mol. The second-order valence-corrected chi connectivity index (χ2v) is 4.75. The van der Waals surface area contributed by atoms with Crippen LogP contribution in [0, 0.1) is 0 Å². The lowest BCUT2D eigenvalue weighted by Crippen LogP contribution is -2.24. The Labute approximate surface area is 118 Å². The van der Waals surface area contributed by atoms with Crippen LogP contribution < -0.4 is 5.32 Å². The number of azide groups is 1. The number of rotatable bonds is 6. The maximum Gasteiger partial charge on any atom is 0.252 e. The summed E-state index contributed by atoms with van der Waals surface area (Å²) in [5.74, 6) is -0.204. The number of carbonyl (C=O) groups excluding carboxylic acids is 1. The van der Waals surface area contributed by atoms with Crippen LogP contribution in [-0.4, -0.2) is 19.0 Å². The molecular weight excluding hydrogens is 320 g/mol. The van der Waals surface area contributed by atoms with E-state index in [0.717, 1.165) is 12.8 Å². The fraction of sp³-hybridized carbons (Fsp3) is 0.364. The lowest BCUT2D eigenvalue weighted by Gasteiger charge is -2.07. The molecule has 0 aliphatic heterocycles. The predicted octanol–water partition coefficient (Wildman–Crippen LogP) is 3.92. The fourth-order valence-electron chi connectivity index (χ4n) is 1.33. The quantitative estimate of drug-likeness (QED) is 0.364. The molecule has 0 saturated heterocycles. The zero-order valence-electron chi connectivity index (χ0n) is 9.57. The maximum absolute atomic E-state index is 11.8. The molecule has 0 heterocycles. The lowest BCUT2D eigenvalue weighted by atomic mass is 10.2. The molecule has 0 spiro atoms. The lowest BCUT2D eigenvalue weighted by molar-refractivity contribution is 0.0953. The summed E-state index contributed by atoms with van der Waals surface area (Å²) in [5.41, 5.74) is 8.53. The molecule has 1 amide bonds.